The fraction of sp³-hybridized carbons (Fsp3) is 0.973. The number of ketones is 1. The first-order valence-corrected chi connectivity index (χ1v) is 18.3. The van der Waals surface area contributed by atoms with Crippen LogP contribution in [0.3, 0.4) is 0 Å². The molecule has 0 atom stereocenters. The number of hydrogen-bond acceptors (Lipinski definition) is 1. The van der Waals surface area contributed by atoms with Crippen molar-refractivity contribution in [2.75, 3.05) is 0 Å². The highest BCUT2D eigenvalue weighted by Crippen LogP contribution is 2.16. The maximum Gasteiger partial charge on any atom is 0.132 e. The molecular weight excluding hydrogens is 460 g/mol. The maximum atomic E-state index is 12.1. The third kappa shape index (κ3) is 33.7. The second-order valence-electron chi connectivity index (χ2n) is 12.6. The number of hydrogen-bond donors (Lipinski definition) is 0. The van der Waals surface area contributed by atoms with Crippen LogP contribution in [0, 0.1) is 0 Å². The van der Waals surface area contributed by atoms with Gasteiger partial charge in [0.1, 0.15) is 5.78 Å². The van der Waals surface area contributed by atoms with Crippen LogP contribution >= 0.6 is 0 Å². The van der Waals surface area contributed by atoms with E-state index in [4.69, 9.17) is 0 Å². The first kappa shape index (κ1) is 37.7. The van der Waals surface area contributed by atoms with Gasteiger partial charge < -0.3 is 0 Å². The molecule has 0 saturated carbocycles. The van der Waals surface area contributed by atoms with Crippen molar-refractivity contribution in [2.45, 2.75) is 232 Å². The van der Waals surface area contributed by atoms with E-state index in [1.807, 2.05) is 0 Å². The number of carbonyl (C=O) groups excluding carboxylic acids is 1. The molecule has 0 unspecified atom stereocenters. The Morgan fingerprint density at radius 1 is 0.263 bits per heavy atom. The Labute approximate surface area is 242 Å². The maximum absolute atomic E-state index is 12.1. The van der Waals surface area contributed by atoms with Crippen molar-refractivity contribution >= 4 is 5.78 Å². The van der Waals surface area contributed by atoms with Gasteiger partial charge in [-0.3, -0.25) is 4.79 Å². The van der Waals surface area contributed by atoms with Crippen molar-refractivity contribution in [1.29, 1.82) is 0 Å². The molecule has 0 amide bonds. The van der Waals surface area contributed by atoms with Crippen LogP contribution in [0.2, 0.25) is 0 Å². The number of carbonyl (C=O) groups is 1. The van der Waals surface area contributed by atoms with Crippen molar-refractivity contribution in [2.24, 2.45) is 0 Å². The van der Waals surface area contributed by atoms with Crippen molar-refractivity contribution in [3.63, 3.8) is 0 Å². The summed E-state index contributed by atoms with van der Waals surface area (Å²) in [6.07, 6.45) is 46.4. The first-order valence-electron chi connectivity index (χ1n) is 18.3. The zero-order valence-electron chi connectivity index (χ0n) is 26.9. The van der Waals surface area contributed by atoms with Gasteiger partial charge in [0.2, 0.25) is 0 Å². The van der Waals surface area contributed by atoms with E-state index >= 15 is 0 Å². The quantitative estimate of drug-likeness (QED) is 0.0750. The second-order valence-corrected chi connectivity index (χ2v) is 12.6. The Hall–Kier alpha value is -0.330. The van der Waals surface area contributed by atoms with Gasteiger partial charge in [0, 0.05) is 12.8 Å². The van der Waals surface area contributed by atoms with E-state index in [9.17, 15) is 4.79 Å². The van der Waals surface area contributed by atoms with Gasteiger partial charge in [-0.25, -0.2) is 0 Å². The molecule has 38 heavy (non-hydrogen) atoms. The van der Waals surface area contributed by atoms with E-state index in [1.165, 1.54) is 193 Å². The van der Waals surface area contributed by atoms with E-state index < -0.39 is 0 Å². The largest absolute Gasteiger partial charge is 0.300 e. The Morgan fingerprint density at radius 2 is 0.421 bits per heavy atom. The lowest BCUT2D eigenvalue weighted by Crippen LogP contribution is -1.97. The van der Waals surface area contributed by atoms with E-state index in [2.05, 4.69) is 13.8 Å². The number of Topliss-reactive ketones (excluding diaryl/α,β-unsaturated/α-hetero) is 1. The van der Waals surface area contributed by atoms with Crippen LogP contribution in [0.5, 0.6) is 0 Å². The SMILES string of the molecule is CCCCCCCCCCCCCCCCCCCCC(=O)CCCCCCCCCCCCCCCC. The number of unbranched alkanes of at least 4 members (excludes halogenated alkanes) is 30. The summed E-state index contributed by atoms with van der Waals surface area (Å²) in [4.78, 5) is 12.1. The molecule has 0 aromatic rings. The minimum atomic E-state index is 0.528. The van der Waals surface area contributed by atoms with Gasteiger partial charge in [0.25, 0.3) is 0 Å². The smallest absolute Gasteiger partial charge is 0.132 e. The standard InChI is InChI=1S/C37H74O/c1-3-5-7-9-11-13-15-17-19-20-21-22-24-26-28-30-32-34-36-37(38)35-33-31-29-27-25-23-18-16-14-12-10-8-6-4-2/h3-36H2,1-2H3. The molecule has 0 aliphatic heterocycles. The van der Waals surface area contributed by atoms with Crippen LogP contribution in [-0.2, 0) is 4.79 Å². The van der Waals surface area contributed by atoms with Gasteiger partial charge >= 0.3 is 0 Å². The summed E-state index contributed by atoms with van der Waals surface area (Å²) in [5.41, 5.74) is 0. The highest BCUT2D eigenvalue weighted by Gasteiger charge is 2.02. The van der Waals surface area contributed by atoms with Crippen LogP contribution < -0.4 is 0 Å². The average Bonchev–Trinajstić information content (AvgIpc) is 2.92. The fourth-order valence-corrected chi connectivity index (χ4v) is 5.87. The molecular formula is C37H74O. The van der Waals surface area contributed by atoms with Gasteiger partial charge in [-0.05, 0) is 12.8 Å². The molecule has 0 rings (SSSR count). The van der Waals surface area contributed by atoms with E-state index in [0.29, 0.717) is 5.78 Å². The van der Waals surface area contributed by atoms with Crippen molar-refractivity contribution in [3.8, 4) is 0 Å². The van der Waals surface area contributed by atoms with Crippen molar-refractivity contribution in [3.05, 3.63) is 0 Å². The Bertz CT molecular complexity index is 428. The Kier molecular flexibility index (Phi) is 34.4. The van der Waals surface area contributed by atoms with E-state index in [0.717, 1.165) is 25.7 Å². The molecule has 0 fully saturated rings. The lowest BCUT2D eigenvalue weighted by Gasteiger charge is -2.04. The Balaban J connectivity index is 3.14. The summed E-state index contributed by atoms with van der Waals surface area (Å²) in [5, 5.41) is 0. The monoisotopic (exact) mass is 535 g/mol. The predicted molar refractivity (Wildman–Crippen MR) is 173 cm³/mol. The van der Waals surface area contributed by atoms with Gasteiger partial charge in [0.15, 0.2) is 0 Å². The van der Waals surface area contributed by atoms with Gasteiger partial charge in [0.05, 0.1) is 0 Å². The number of rotatable bonds is 34. The molecule has 0 heterocycles. The van der Waals surface area contributed by atoms with Crippen molar-refractivity contribution < 1.29 is 4.79 Å². The molecule has 0 aliphatic rings. The van der Waals surface area contributed by atoms with Gasteiger partial charge in [-0.1, -0.05) is 206 Å². The lowest BCUT2D eigenvalue weighted by atomic mass is 10.0. The van der Waals surface area contributed by atoms with Crippen LogP contribution in [0.4, 0.5) is 0 Å². The summed E-state index contributed by atoms with van der Waals surface area (Å²) < 4.78 is 0. The molecule has 0 aromatic heterocycles. The first-order chi connectivity index (χ1) is 18.8. The molecule has 0 radical (unpaired) electrons. The lowest BCUT2D eigenvalue weighted by molar-refractivity contribution is -0.119. The third-order valence-corrected chi connectivity index (χ3v) is 8.62. The van der Waals surface area contributed by atoms with Crippen LogP contribution in [0.15, 0.2) is 0 Å². The fourth-order valence-electron chi connectivity index (χ4n) is 5.87. The zero-order chi connectivity index (χ0) is 27.6. The average molecular weight is 535 g/mol. The summed E-state index contributed by atoms with van der Waals surface area (Å²) >= 11 is 0. The third-order valence-electron chi connectivity index (χ3n) is 8.62. The highest BCUT2D eigenvalue weighted by atomic mass is 16.1. The van der Waals surface area contributed by atoms with Crippen LogP contribution in [-0.4, -0.2) is 5.78 Å². The molecule has 0 aliphatic carbocycles. The minimum absolute atomic E-state index is 0.528. The predicted octanol–water partition coefficient (Wildman–Crippen LogP) is 13.9. The normalized spacial score (nSPS) is 11.4. The molecule has 228 valence electrons. The summed E-state index contributed by atoms with van der Waals surface area (Å²) in [7, 11) is 0. The van der Waals surface area contributed by atoms with Gasteiger partial charge in [-0.15, -0.1) is 0 Å². The molecule has 0 saturated heterocycles. The van der Waals surface area contributed by atoms with Gasteiger partial charge in [-0.2, -0.15) is 0 Å². The molecule has 1 heteroatoms. The molecule has 0 aromatic carbocycles. The molecule has 0 bridgehead atoms. The van der Waals surface area contributed by atoms with Crippen LogP contribution in [0.25, 0.3) is 0 Å². The second kappa shape index (κ2) is 34.7. The zero-order valence-corrected chi connectivity index (χ0v) is 26.9. The van der Waals surface area contributed by atoms with Crippen LogP contribution in [0.1, 0.15) is 232 Å². The topological polar surface area (TPSA) is 17.1 Å². The molecule has 1 nitrogen and oxygen atoms in total. The Morgan fingerprint density at radius 3 is 0.605 bits per heavy atom. The van der Waals surface area contributed by atoms with Crippen molar-refractivity contribution in [1.82, 2.24) is 0 Å². The van der Waals surface area contributed by atoms with E-state index in [-0.39, 0.29) is 0 Å². The molecule has 0 spiro atoms. The highest BCUT2D eigenvalue weighted by molar-refractivity contribution is 5.78. The summed E-state index contributed by atoms with van der Waals surface area (Å²) in [5.74, 6) is 0.528. The minimum Gasteiger partial charge on any atom is -0.300 e. The summed E-state index contributed by atoms with van der Waals surface area (Å²) in [6, 6.07) is 0. The van der Waals surface area contributed by atoms with E-state index in [1.54, 1.807) is 0 Å². The summed E-state index contributed by atoms with van der Waals surface area (Å²) in [6.45, 7) is 4.59. The molecule has 0 N–H and O–H groups in total.